The zero-order valence-electron chi connectivity index (χ0n) is 12.8. The van der Waals surface area contributed by atoms with E-state index in [-0.39, 0.29) is 19.0 Å². The molecule has 0 unspecified atom stereocenters. The molecular formula is C15H13F3N6O. The van der Waals surface area contributed by atoms with Crippen molar-refractivity contribution < 1.29 is 18.3 Å². The number of anilines is 2. The van der Waals surface area contributed by atoms with Gasteiger partial charge in [0.1, 0.15) is 5.82 Å². The molecule has 0 aliphatic carbocycles. The average molecular weight is 350 g/mol. The van der Waals surface area contributed by atoms with Gasteiger partial charge in [0.15, 0.2) is 0 Å². The topological polar surface area (TPSA) is 88.8 Å². The number of hydrogen-bond donors (Lipinski definition) is 2. The summed E-state index contributed by atoms with van der Waals surface area (Å²) >= 11 is 0. The molecule has 3 aromatic rings. The van der Waals surface area contributed by atoms with Crippen LogP contribution in [-0.2, 0) is 12.7 Å². The summed E-state index contributed by atoms with van der Waals surface area (Å²) in [5.74, 6) is 0.668. The van der Waals surface area contributed by atoms with Gasteiger partial charge in [0.2, 0.25) is 5.82 Å². The van der Waals surface area contributed by atoms with Crippen molar-refractivity contribution in [3.8, 4) is 11.4 Å². The lowest BCUT2D eigenvalue weighted by Gasteiger charge is -2.10. The van der Waals surface area contributed by atoms with Crippen molar-refractivity contribution in [1.29, 1.82) is 0 Å². The third kappa shape index (κ3) is 3.91. The molecule has 1 aromatic carbocycles. The summed E-state index contributed by atoms with van der Waals surface area (Å²) in [5.41, 5.74) is 0.246. The molecule has 2 N–H and O–H groups in total. The molecule has 7 nitrogen and oxygen atoms in total. The number of aromatic nitrogens is 5. The second-order valence-electron chi connectivity index (χ2n) is 5.03. The number of tetrazole rings is 1. The van der Waals surface area contributed by atoms with Crippen molar-refractivity contribution in [2.45, 2.75) is 12.7 Å². The Morgan fingerprint density at radius 1 is 1.12 bits per heavy atom. The Hall–Kier alpha value is -3.01. The summed E-state index contributed by atoms with van der Waals surface area (Å²) in [4.78, 5) is 5.42. The van der Waals surface area contributed by atoms with E-state index in [1.807, 2.05) is 0 Å². The van der Waals surface area contributed by atoms with Gasteiger partial charge in [-0.2, -0.15) is 18.0 Å². The Labute approximate surface area is 140 Å². The molecule has 0 saturated heterocycles. The van der Waals surface area contributed by atoms with Crippen molar-refractivity contribution in [1.82, 2.24) is 25.2 Å². The number of aliphatic hydroxyl groups is 1. The molecule has 2 aromatic heterocycles. The van der Waals surface area contributed by atoms with E-state index >= 15 is 0 Å². The van der Waals surface area contributed by atoms with E-state index in [1.54, 1.807) is 12.1 Å². The lowest BCUT2D eigenvalue weighted by atomic mass is 10.2. The molecule has 25 heavy (non-hydrogen) atoms. The van der Waals surface area contributed by atoms with Crippen LogP contribution in [-0.4, -0.2) is 36.9 Å². The number of benzene rings is 1. The van der Waals surface area contributed by atoms with Crippen LogP contribution in [0.2, 0.25) is 0 Å². The van der Waals surface area contributed by atoms with Gasteiger partial charge in [-0.1, -0.05) is 0 Å². The quantitative estimate of drug-likeness (QED) is 0.735. The van der Waals surface area contributed by atoms with E-state index in [9.17, 15) is 13.2 Å². The highest BCUT2D eigenvalue weighted by Crippen LogP contribution is 2.31. The summed E-state index contributed by atoms with van der Waals surface area (Å²) in [5, 5.41) is 23.7. The molecule has 130 valence electrons. The number of hydrogen-bond acceptors (Lipinski definition) is 6. The number of halogens is 3. The van der Waals surface area contributed by atoms with Crippen LogP contribution in [0.3, 0.4) is 0 Å². The Kier molecular flexibility index (Phi) is 4.61. The summed E-state index contributed by atoms with van der Waals surface area (Å²) in [6.45, 7) is 0.0778. The summed E-state index contributed by atoms with van der Waals surface area (Å²) < 4.78 is 37.9. The normalized spacial score (nSPS) is 11.5. The molecule has 0 aliphatic heterocycles. The van der Waals surface area contributed by atoms with Crippen LogP contribution in [0.1, 0.15) is 5.56 Å². The lowest BCUT2D eigenvalue weighted by Crippen LogP contribution is -2.06. The Balaban J connectivity index is 1.85. The van der Waals surface area contributed by atoms with E-state index in [0.717, 1.165) is 12.1 Å². The minimum atomic E-state index is -4.39. The van der Waals surface area contributed by atoms with Gasteiger partial charge >= 0.3 is 6.18 Å². The lowest BCUT2D eigenvalue weighted by molar-refractivity contribution is -0.137. The third-order valence-electron chi connectivity index (χ3n) is 3.28. The van der Waals surface area contributed by atoms with Crippen LogP contribution in [0.15, 0.2) is 42.6 Å². The summed E-state index contributed by atoms with van der Waals surface area (Å²) in [6, 6.07) is 8.00. The van der Waals surface area contributed by atoms with Crippen LogP contribution in [0.4, 0.5) is 24.7 Å². The van der Waals surface area contributed by atoms with Crippen LogP contribution in [0.5, 0.6) is 0 Å². The SMILES string of the molecule is OCCn1nnc(-c2cccnc2Nc2ccc(C(F)(F)F)cc2)n1. The summed E-state index contributed by atoms with van der Waals surface area (Å²) in [7, 11) is 0. The molecule has 0 amide bonds. The van der Waals surface area contributed by atoms with Crippen molar-refractivity contribution in [2.75, 3.05) is 11.9 Å². The van der Waals surface area contributed by atoms with Gasteiger partial charge in [-0.25, -0.2) is 4.98 Å². The predicted octanol–water partition coefficient (Wildman–Crippen LogP) is 2.49. The molecule has 0 bridgehead atoms. The first kappa shape index (κ1) is 16.8. The number of nitrogens with zero attached hydrogens (tertiary/aromatic N) is 5. The Bertz CT molecular complexity index is 847. The van der Waals surface area contributed by atoms with Gasteiger partial charge in [0.25, 0.3) is 0 Å². The van der Waals surface area contributed by atoms with Gasteiger partial charge in [-0.15, -0.1) is 10.2 Å². The van der Waals surface area contributed by atoms with Crippen LogP contribution in [0.25, 0.3) is 11.4 Å². The maximum Gasteiger partial charge on any atom is 0.416 e. The zero-order chi connectivity index (χ0) is 17.9. The highest BCUT2D eigenvalue weighted by atomic mass is 19.4. The fraction of sp³-hybridized carbons (Fsp3) is 0.200. The molecule has 2 heterocycles. The largest absolute Gasteiger partial charge is 0.416 e. The molecule has 0 aliphatic rings. The fourth-order valence-corrected chi connectivity index (χ4v) is 2.10. The maximum absolute atomic E-state index is 12.6. The summed E-state index contributed by atoms with van der Waals surface area (Å²) in [6.07, 6.45) is -2.85. The number of rotatable bonds is 5. The van der Waals surface area contributed by atoms with Crippen molar-refractivity contribution in [3.05, 3.63) is 48.2 Å². The van der Waals surface area contributed by atoms with Crippen molar-refractivity contribution >= 4 is 11.5 Å². The standard InChI is InChI=1S/C15H13F3N6O/c16-15(17,18)10-3-5-11(6-4-10)20-13-12(2-1-7-19-13)14-21-23-24(22-14)8-9-25/h1-7,25H,8-9H2,(H,19,20). The second kappa shape index (κ2) is 6.85. The van der Waals surface area contributed by atoms with E-state index < -0.39 is 11.7 Å². The number of nitrogens with one attached hydrogen (secondary N) is 1. The third-order valence-corrected chi connectivity index (χ3v) is 3.28. The average Bonchev–Trinajstić information content (AvgIpc) is 3.04. The van der Waals surface area contributed by atoms with E-state index in [0.29, 0.717) is 17.1 Å². The van der Waals surface area contributed by atoms with Gasteiger partial charge in [-0.05, 0) is 41.6 Å². The zero-order valence-corrected chi connectivity index (χ0v) is 12.8. The highest BCUT2D eigenvalue weighted by Gasteiger charge is 2.30. The molecule has 3 rings (SSSR count). The molecule has 0 radical (unpaired) electrons. The molecule has 10 heteroatoms. The number of pyridine rings is 1. The first-order valence-electron chi connectivity index (χ1n) is 7.26. The molecule has 0 atom stereocenters. The van der Waals surface area contributed by atoms with Gasteiger partial charge in [-0.3, -0.25) is 0 Å². The predicted molar refractivity (Wildman–Crippen MR) is 82.9 cm³/mol. The molecule has 0 spiro atoms. The van der Waals surface area contributed by atoms with Crippen LogP contribution < -0.4 is 5.32 Å². The van der Waals surface area contributed by atoms with Gasteiger partial charge in [0, 0.05) is 11.9 Å². The molecule has 0 saturated carbocycles. The maximum atomic E-state index is 12.6. The monoisotopic (exact) mass is 350 g/mol. The van der Waals surface area contributed by atoms with Gasteiger partial charge in [0.05, 0.1) is 24.3 Å². The van der Waals surface area contributed by atoms with Gasteiger partial charge < -0.3 is 10.4 Å². The number of aliphatic hydroxyl groups excluding tert-OH is 1. The number of alkyl halides is 3. The highest BCUT2D eigenvalue weighted by molar-refractivity contribution is 5.73. The fourth-order valence-electron chi connectivity index (χ4n) is 2.10. The van der Waals surface area contributed by atoms with Crippen molar-refractivity contribution in [3.63, 3.8) is 0 Å². The van der Waals surface area contributed by atoms with Crippen molar-refractivity contribution in [2.24, 2.45) is 0 Å². The minimum absolute atomic E-state index is 0.125. The second-order valence-corrected chi connectivity index (χ2v) is 5.03. The minimum Gasteiger partial charge on any atom is -0.394 e. The van der Waals surface area contributed by atoms with Crippen LogP contribution in [0, 0.1) is 0 Å². The Morgan fingerprint density at radius 3 is 2.56 bits per heavy atom. The van der Waals surface area contributed by atoms with E-state index in [4.69, 9.17) is 5.11 Å². The van der Waals surface area contributed by atoms with E-state index in [1.165, 1.54) is 23.1 Å². The molecule has 0 fully saturated rings. The smallest absolute Gasteiger partial charge is 0.394 e. The van der Waals surface area contributed by atoms with Crippen LogP contribution >= 0.6 is 0 Å². The van der Waals surface area contributed by atoms with E-state index in [2.05, 4.69) is 25.7 Å². The first-order chi connectivity index (χ1) is 12.0. The first-order valence-corrected chi connectivity index (χ1v) is 7.26. The Morgan fingerprint density at radius 2 is 1.88 bits per heavy atom. The molecular weight excluding hydrogens is 337 g/mol.